The van der Waals surface area contributed by atoms with Crippen LogP contribution < -0.4 is 11.1 Å². The van der Waals surface area contributed by atoms with E-state index >= 15 is 0 Å². The largest absolute Gasteiger partial charge is 0.329 e. The average Bonchev–Trinajstić information content (AvgIpc) is 2.95. The Kier molecular flexibility index (Phi) is 7.37. The summed E-state index contributed by atoms with van der Waals surface area (Å²) in [5.41, 5.74) is 6.49. The Morgan fingerprint density at radius 2 is 1.15 bits per heavy atom. The SMILES string of the molecule is NCC1(NC2CCCC2)CCCCCCCCCCC1. The summed E-state index contributed by atoms with van der Waals surface area (Å²) in [7, 11) is 0. The highest BCUT2D eigenvalue weighted by molar-refractivity contribution is 4.93. The molecule has 2 fully saturated rings. The van der Waals surface area contributed by atoms with Crippen LogP contribution in [0.5, 0.6) is 0 Å². The molecule has 0 bridgehead atoms. The molecule has 2 nitrogen and oxygen atoms in total. The molecule has 2 rings (SSSR count). The van der Waals surface area contributed by atoms with Crippen LogP contribution in [-0.4, -0.2) is 18.1 Å². The maximum atomic E-state index is 6.23. The van der Waals surface area contributed by atoms with Gasteiger partial charge in [-0.05, 0) is 25.7 Å². The van der Waals surface area contributed by atoms with Gasteiger partial charge in [-0.1, -0.05) is 70.6 Å². The summed E-state index contributed by atoms with van der Waals surface area (Å²) in [6, 6.07) is 0.756. The number of nitrogens with one attached hydrogen (secondary N) is 1. The van der Waals surface area contributed by atoms with Gasteiger partial charge in [0.05, 0.1) is 0 Å². The van der Waals surface area contributed by atoms with E-state index in [1.807, 2.05) is 0 Å². The zero-order valence-corrected chi connectivity index (χ0v) is 13.5. The molecular formula is C18H36N2. The van der Waals surface area contributed by atoms with Crippen molar-refractivity contribution in [3.63, 3.8) is 0 Å². The summed E-state index contributed by atoms with van der Waals surface area (Å²) in [5, 5.41) is 4.01. The molecule has 0 aromatic rings. The van der Waals surface area contributed by atoms with Crippen LogP contribution in [0.4, 0.5) is 0 Å². The monoisotopic (exact) mass is 280 g/mol. The van der Waals surface area contributed by atoms with Gasteiger partial charge in [0.25, 0.3) is 0 Å². The van der Waals surface area contributed by atoms with Gasteiger partial charge in [-0.25, -0.2) is 0 Å². The lowest BCUT2D eigenvalue weighted by molar-refractivity contribution is 0.238. The second kappa shape index (κ2) is 9.04. The first kappa shape index (κ1) is 16.3. The van der Waals surface area contributed by atoms with Crippen molar-refractivity contribution in [1.82, 2.24) is 5.32 Å². The molecule has 0 amide bonds. The number of hydrogen-bond donors (Lipinski definition) is 2. The quantitative estimate of drug-likeness (QED) is 0.797. The fraction of sp³-hybridized carbons (Fsp3) is 1.00. The minimum atomic E-state index is 0.258. The number of hydrogen-bond acceptors (Lipinski definition) is 2. The van der Waals surface area contributed by atoms with E-state index in [0.29, 0.717) is 0 Å². The van der Waals surface area contributed by atoms with Crippen LogP contribution in [0.2, 0.25) is 0 Å². The van der Waals surface area contributed by atoms with E-state index in [-0.39, 0.29) is 5.54 Å². The Morgan fingerprint density at radius 3 is 1.60 bits per heavy atom. The molecule has 118 valence electrons. The predicted molar refractivity (Wildman–Crippen MR) is 88.0 cm³/mol. The molecule has 0 heterocycles. The highest BCUT2D eigenvalue weighted by Crippen LogP contribution is 2.28. The van der Waals surface area contributed by atoms with Crippen LogP contribution in [0.25, 0.3) is 0 Å². The van der Waals surface area contributed by atoms with E-state index in [2.05, 4.69) is 5.32 Å². The van der Waals surface area contributed by atoms with Gasteiger partial charge in [-0.3, -0.25) is 0 Å². The molecule has 0 unspecified atom stereocenters. The van der Waals surface area contributed by atoms with E-state index in [0.717, 1.165) is 12.6 Å². The van der Waals surface area contributed by atoms with Crippen LogP contribution in [-0.2, 0) is 0 Å². The Hall–Kier alpha value is -0.0800. The van der Waals surface area contributed by atoms with Gasteiger partial charge in [-0.2, -0.15) is 0 Å². The molecule has 0 aromatic heterocycles. The summed E-state index contributed by atoms with van der Waals surface area (Å²) in [4.78, 5) is 0. The Morgan fingerprint density at radius 1 is 0.700 bits per heavy atom. The molecule has 0 aromatic carbocycles. The van der Waals surface area contributed by atoms with E-state index in [1.54, 1.807) is 0 Å². The van der Waals surface area contributed by atoms with Crippen molar-refractivity contribution in [3.05, 3.63) is 0 Å². The van der Waals surface area contributed by atoms with Crippen molar-refractivity contribution >= 4 is 0 Å². The smallest absolute Gasteiger partial charge is 0.0306 e. The Balaban J connectivity index is 1.89. The first-order valence-electron chi connectivity index (χ1n) is 9.32. The third-order valence-corrected chi connectivity index (χ3v) is 5.57. The van der Waals surface area contributed by atoms with Crippen LogP contribution in [0.1, 0.15) is 96.3 Å². The van der Waals surface area contributed by atoms with E-state index in [1.165, 1.54) is 96.3 Å². The predicted octanol–water partition coefficient (Wildman–Crippen LogP) is 4.52. The molecule has 20 heavy (non-hydrogen) atoms. The standard InChI is InChI=1S/C18H36N2/c19-16-18(20-17-12-8-9-13-17)14-10-6-4-2-1-3-5-7-11-15-18/h17,20H,1-16,19H2. The molecule has 2 aliphatic carbocycles. The Labute approximate surface area is 126 Å². The topological polar surface area (TPSA) is 38.0 Å². The van der Waals surface area contributed by atoms with Crippen LogP contribution in [0, 0.1) is 0 Å². The second-order valence-corrected chi connectivity index (χ2v) is 7.29. The second-order valence-electron chi connectivity index (χ2n) is 7.29. The van der Waals surface area contributed by atoms with Crippen molar-refractivity contribution in [1.29, 1.82) is 0 Å². The minimum absolute atomic E-state index is 0.258. The van der Waals surface area contributed by atoms with Crippen LogP contribution in [0.15, 0.2) is 0 Å². The average molecular weight is 280 g/mol. The third-order valence-electron chi connectivity index (χ3n) is 5.57. The van der Waals surface area contributed by atoms with Gasteiger partial charge in [-0.15, -0.1) is 0 Å². The molecule has 2 aliphatic rings. The summed E-state index contributed by atoms with van der Waals surface area (Å²) in [5.74, 6) is 0. The fourth-order valence-corrected chi connectivity index (χ4v) is 4.20. The minimum Gasteiger partial charge on any atom is -0.329 e. The first-order valence-corrected chi connectivity index (χ1v) is 9.32. The highest BCUT2D eigenvalue weighted by Gasteiger charge is 2.31. The van der Waals surface area contributed by atoms with Crippen molar-refractivity contribution in [2.45, 2.75) is 108 Å². The molecule has 0 radical (unpaired) electrons. The lowest BCUT2D eigenvalue weighted by atomic mass is 9.84. The highest BCUT2D eigenvalue weighted by atomic mass is 15.0. The summed E-state index contributed by atoms with van der Waals surface area (Å²) >= 11 is 0. The zero-order valence-electron chi connectivity index (χ0n) is 13.5. The van der Waals surface area contributed by atoms with Crippen molar-refractivity contribution in [2.75, 3.05) is 6.54 Å². The summed E-state index contributed by atoms with van der Waals surface area (Å²) in [6.45, 7) is 0.837. The first-order chi connectivity index (χ1) is 9.85. The third kappa shape index (κ3) is 5.37. The van der Waals surface area contributed by atoms with Gasteiger partial charge in [0.2, 0.25) is 0 Å². The fourth-order valence-electron chi connectivity index (χ4n) is 4.20. The lowest BCUT2D eigenvalue weighted by Crippen LogP contribution is -2.54. The molecule has 0 atom stereocenters. The van der Waals surface area contributed by atoms with Gasteiger partial charge >= 0.3 is 0 Å². The lowest BCUT2D eigenvalue weighted by Gasteiger charge is -2.37. The molecule has 3 N–H and O–H groups in total. The van der Waals surface area contributed by atoms with Crippen molar-refractivity contribution in [3.8, 4) is 0 Å². The van der Waals surface area contributed by atoms with Gasteiger partial charge in [0.1, 0.15) is 0 Å². The molecule has 0 aliphatic heterocycles. The zero-order chi connectivity index (χ0) is 14.1. The molecule has 2 heteroatoms. The summed E-state index contributed by atoms with van der Waals surface area (Å²) in [6.07, 6.45) is 21.0. The van der Waals surface area contributed by atoms with Crippen LogP contribution in [0.3, 0.4) is 0 Å². The molecular weight excluding hydrogens is 244 g/mol. The maximum absolute atomic E-state index is 6.23. The van der Waals surface area contributed by atoms with Gasteiger partial charge in [0, 0.05) is 18.1 Å². The maximum Gasteiger partial charge on any atom is 0.0306 e. The van der Waals surface area contributed by atoms with E-state index in [9.17, 15) is 0 Å². The molecule has 0 saturated heterocycles. The summed E-state index contributed by atoms with van der Waals surface area (Å²) < 4.78 is 0. The van der Waals surface area contributed by atoms with E-state index in [4.69, 9.17) is 5.73 Å². The number of rotatable bonds is 3. The van der Waals surface area contributed by atoms with Crippen LogP contribution >= 0.6 is 0 Å². The number of nitrogens with two attached hydrogens (primary N) is 1. The Bertz CT molecular complexity index is 234. The normalized spacial score (nSPS) is 26.9. The van der Waals surface area contributed by atoms with Gasteiger partial charge < -0.3 is 11.1 Å². The van der Waals surface area contributed by atoms with Crippen molar-refractivity contribution < 1.29 is 0 Å². The van der Waals surface area contributed by atoms with Crippen molar-refractivity contribution in [2.24, 2.45) is 5.73 Å². The van der Waals surface area contributed by atoms with Gasteiger partial charge in [0.15, 0.2) is 0 Å². The van der Waals surface area contributed by atoms with E-state index < -0.39 is 0 Å². The molecule has 0 spiro atoms. The molecule has 2 saturated carbocycles.